The minimum Gasteiger partial charge on any atom is -0.497 e. The summed E-state index contributed by atoms with van der Waals surface area (Å²) in [5, 5.41) is 6.66. The van der Waals surface area contributed by atoms with Crippen molar-refractivity contribution in [2.45, 2.75) is 59.0 Å². The number of ether oxygens (including phenoxy) is 1. The third-order valence-electron chi connectivity index (χ3n) is 10.6. The SMILES string of the molecule is COc1ccc(CN2CCN(c3ccc(Nc4nccc(CC(=O)NC5CC6CCC5(C)C6(C)C)n4)cc3)CC2)cc1. The molecular weight excluding hydrogens is 524 g/mol. The third kappa shape index (κ3) is 5.69. The number of hydrogen-bond acceptors (Lipinski definition) is 7. The summed E-state index contributed by atoms with van der Waals surface area (Å²) in [6.07, 6.45) is 5.54. The van der Waals surface area contributed by atoms with E-state index >= 15 is 0 Å². The number of carbonyl (C=O) groups excluding carboxylic acids is 1. The summed E-state index contributed by atoms with van der Waals surface area (Å²) in [7, 11) is 1.70. The Labute approximate surface area is 249 Å². The van der Waals surface area contributed by atoms with Crippen molar-refractivity contribution >= 4 is 23.2 Å². The summed E-state index contributed by atoms with van der Waals surface area (Å²) in [5.41, 5.74) is 4.62. The summed E-state index contributed by atoms with van der Waals surface area (Å²) >= 11 is 0. The molecule has 222 valence electrons. The second-order valence-electron chi connectivity index (χ2n) is 13.1. The molecule has 8 nitrogen and oxygen atoms in total. The van der Waals surface area contributed by atoms with E-state index < -0.39 is 0 Å². The first-order chi connectivity index (χ1) is 20.2. The molecule has 1 aliphatic heterocycles. The summed E-state index contributed by atoms with van der Waals surface area (Å²) < 4.78 is 5.27. The summed E-state index contributed by atoms with van der Waals surface area (Å²) in [5.74, 6) is 2.15. The number of nitrogens with one attached hydrogen (secondary N) is 2. The molecule has 1 saturated heterocycles. The molecule has 2 saturated carbocycles. The van der Waals surface area contributed by atoms with Gasteiger partial charge in [0.15, 0.2) is 0 Å². The second kappa shape index (κ2) is 11.6. The van der Waals surface area contributed by atoms with Crippen molar-refractivity contribution in [3.05, 3.63) is 72.1 Å². The number of amides is 1. The van der Waals surface area contributed by atoms with Crippen molar-refractivity contribution in [1.82, 2.24) is 20.2 Å². The highest BCUT2D eigenvalue weighted by atomic mass is 16.5. The molecule has 2 bridgehead atoms. The number of aromatic nitrogens is 2. The van der Waals surface area contributed by atoms with E-state index in [1.165, 1.54) is 24.1 Å². The van der Waals surface area contributed by atoms with Crippen LogP contribution in [0.4, 0.5) is 17.3 Å². The van der Waals surface area contributed by atoms with Crippen LogP contribution in [0.5, 0.6) is 5.75 Å². The van der Waals surface area contributed by atoms with E-state index in [1.54, 1.807) is 13.3 Å². The van der Waals surface area contributed by atoms with E-state index in [2.05, 4.69) is 87.6 Å². The van der Waals surface area contributed by atoms with Crippen molar-refractivity contribution in [2.24, 2.45) is 16.7 Å². The molecule has 2 aromatic carbocycles. The van der Waals surface area contributed by atoms with Gasteiger partial charge in [0, 0.05) is 56.3 Å². The number of fused-ring (bicyclic) bond motifs is 2. The molecule has 1 amide bonds. The first-order valence-electron chi connectivity index (χ1n) is 15.3. The fourth-order valence-electron chi connectivity index (χ4n) is 7.42. The van der Waals surface area contributed by atoms with Gasteiger partial charge in [-0.2, -0.15) is 0 Å². The maximum absolute atomic E-state index is 13.0. The molecule has 3 aromatic rings. The maximum Gasteiger partial charge on any atom is 0.227 e. The van der Waals surface area contributed by atoms with Gasteiger partial charge in [-0.1, -0.05) is 32.9 Å². The summed E-state index contributed by atoms with van der Waals surface area (Å²) in [6, 6.07) is 18.9. The van der Waals surface area contributed by atoms with Crippen molar-refractivity contribution in [3.63, 3.8) is 0 Å². The molecule has 6 rings (SSSR count). The van der Waals surface area contributed by atoms with Crippen LogP contribution >= 0.6 is 0 Å². The second-order valence-corrected chi connectivity index (χ2v) is 13.1. The Morgan fingerprint density at radius 1 is 1.00 bits per heavy atom. The Kier molecular flexibility index (Phi) is 7.83. The lowest BCUT2D eigenvalue weighted by molar-refractivity contribution is -0.122. The summed E-state index contributed by atoms with van der Waals surface area (Å²) in [6.45, 7) is 12.1. The van der Waals surface area contributed by atoms with Crippen molar-refractivity contribution in [3.8, 4) is 5.75 Å². The molecule has 0 radical (unpaired) electrons. The third-order valence-corrected chi connectivity index (χ3v) is 10.6. The van der Waals surface area contributed by atoms with Crippen LogP contribution in [0.2, 0.25) is 0 Å². The Morgan fingerprint density at radius 2 is 1.74 bits per heavy atom. The van der Waals surface area contributed by atoms with Crippen LogP contribution in [0.3, 0.4) is 0 Å². The quantitative estimate of drug-likeness (QED) is 0.357. The number of methoxy groups -OCH3 is 1. The zero-order chi connectivity index (χ0) is 29.3. The summed E-state index contributed by atoms with van der Waals surface area (Å²) in [4.78, 5) is 26.9. The van der Waals surface area contributed by atoms with Gasteiger partial charge in [0.05, 0.1) is 19.2 Å². The molecule has 2 heterocycles. The molecule has 3 aliphatic rings. The highest BCUT2D eigenvalue weighted by Crippen LogP contribution is 2.65. The number of piperazine rings is 1. The number of carbonyl (C=O) groups is 1. The first-order valence-corrected chi connectivity index (χ1v) is 15.3. The van der Waals surface area contributed by atoms with E-state index in [0.29, 0.717) is 11.9 Å². The first kappa shape index (κ1) is 28.5. The predicted octanol–water partition coefficient (Wildman–Crippen LogP) is 5.42. The number of anilines is 3. The molecule has 3 unspecified atom stereocenters. The monoisotopic (exact) mass is 568 g/mol. The van der Waals surface area contributed by atoms with Gasteiger partial charge in [-0.15, -0.1) is 0 Å². The average molecular weight is 569 g/mol. The highest BCUT2D eigenvalue weighted by Gasteiger charge is 2.61. The van der Waals surface area contributed by atoms with E-state index in [4.69, 9.17) is 4.74 Å². The lowest BCUT2D eigenvalue weighted by Crippen LogP contribution is -2.47. The molecule has 8 heteroatoms. The van der Waals surface area contributed by atoms with E-state index in [1.807, 2.05) is 18.2 Å². The number of hydrogen-bond donors (Lipinski definition) is 2. The van der Waals surface area contributed by atoms with Crippen LogP contribution in [-0.4, -0.2) is 60.1 Å². The zero-order valence-electron chi connectivity index (χ0n) is 25.4. The molecule has 42 heavy (non-hydrogen) atoms. The maximum atomic E-state index is 13.0. The minimum absolute atomic E-state index is 0.0441. The predicted molar refractivity (Wildman–Crippen MR) is 167 cm³/mol. The van der Waals surface area contributed by atoms with Crippen molar-refractivity contribution in [1.29, 1.82) is 0 Å². The average Bonchev–Trinajstić information content (AvgIpc) is 3.32. The van der Waals surface area contributed by atoms with Gasteiger partial charge in [-0.05, 0) is 84.0 Å². The number of benzene rings is 2. The minimum atomic E-state index is 0.0441. The fourth-order valence-corrected chi connectivity index (χ4v) is 7.42. The molecule has 1 aromatic heterocycles. The standard InChI is InChI=1S/C34H44N6O2/c1-33(2)25-13-15-34(33,3)30(21-25)38-31(41)22-27-14-16-35-32(37-27)36-26-7-9-28(10-8-26)40-19-17-39(18-20-40)23-24-5-11-29(42-4)12-6-24/h5-12,14,16,25,30H,13,15,17-23H2,1-4H3,(H,38,41)(H,35,36,37). The zero-order valence-corrected chi connectivity index (χ0v) is 25.4. The Hall–Kier alpha value is -3.65. The van der Waals surface area contributed by atoms with Crippen molar-refractivity contribution in [2.75, 3.05) is 43.5 Å². The van der Waals surface area contributed by atoms with E-state index in [-0.39, 0.29) is 29.2 Å². The van der Waals surface area contributed by atoms with Gasteiger partial charge in [0.25, 0.3) is 0 Å². The smallest absolute Gasteiger partial charge is 0.227 e. The molecule has 2 aliphatic carbocycles. The Balaban J connectivity index is 0.989. The lowest BCUT2D eigenvalue weighted by atomic mass is 9.69. The van der Waals surface area contributed by atoms with Gasteiger partial charge in [-0.25, -0.2) is 9.97 Å². The largest absolute Gasteiger partial charge is 0.497 e. The normalized spacial score (nSPS) is 24.9. The topological polar surface area (TPSA) is 82.6 Å². The van der Waals surface area contributed by atoms with Crippen LogP contribution in [0.1, 0.15) is 51.3 Å². The van der Waals surface area contributed by atoms with Crippen LogP contribution < -0.4 is 20.3 Å². The van der Waals surface area contributed by atoms with Gasteiger partial charge in [0.1, 0.15) is 5.75 Å². The van der Waals surface area contributed by atoms with Crippen LogP contribution in [0, 0.1) is 16.7 Å². The van der Waals surface area contributed by atoms with Gasteiger partial charge in [-0.3, -0.25) is 9.69 Å². The van der Waals surface area contributed by atoms with Crippen LogP contribution in [0.25, 0.3) is 0 Å². The molecule has 3 atom stereocenters. The molecular formula is C34H44N6O2. The van der Waals surface area contributed by atoms with Gasteiger partial charge < -0.3 is 20.3 Å². The Morgan fingerprint density at radius 3 is 2.38 bits per heavy atom. The Bertz CT molecular complexity index is 1380. The number of rotatable bonds is 9. The molecule has 0 spiro atoms. The fraction of sp³-hybridized carbons (Fsp3) is 0.500. The molecule has 3 fully saturated rings. The number of nitrogens with zero attached hydrogens (tertiary/aromatic N) is 4. The van der Waals surface area contributed by atoms with E-state index in [0.717, 1.165) is 56.3 Å². The molecule has 2 N–H and O–H groups in total. The van der Waals surface area contributed by atoms with Crippen LogP contribution in [-0.2, 0) is 17.8 Å². The van der Waals surface area contributed by atoms with Gasteiger partial charge in [0.2, 0.25) is 11.9 Å². The van der Waals surface area contributed by atoms with E-state index in [9.17, 15) is 4.79 Å². The van der Waals surface area contributed by atoms with Gasteiger partial charge >= 0.3 is 0 Å². The van der Waals surface area contributed by atoms with Crippen LogP contribution in [0.15, 0.2) is 60.8 Å². The highest BCUT2D eigenvalue weighted by molar-refractivity contribution is 5.78. The lowest BCUT2D eigenvalue weighted by Gasteiger charge is -2.39. The van der Waals surface area contributed by atoms with Crippen molar-refractivity contribution < 1.29 is 9.53 Å².